The molecule has 0 saturated carbocycles. The van der Waals surface area contributed by atoms with Crippen LogP contribution in [0.4, 0.5) is 23.7 Å². The first-order chi connectivity index (χ1) is 10.6. The molecule has 0 unspecified atom stereocenters. The quantitative estimate of drug-likeness (QED) is 0.767. The van der Waals surface area contributed by atoms with Crippen LogP contribution in [0.5, 0.6) is 0 Å². The number of alkyl halides is 3. The summed E-state index contributed by atoms with van der Waals surface area (Å²) < 4.78 is 37.4. The van der Waals surface area contributed by atoms with Crippen molar-refractivity contribution in [3.8, 4) is 0 Å². The first-order valence-electron chi connectivity index (χ1n) is 6.87. The Morgan fingerprint density at radius 3 is 2.13 bits per heavy atom. The number of anilines is 1. The lowest BCUT2D eigenvalue weighted by atomic mass is 9.91. The number of hydrogen-bond acceptors (Lipinski definition) is 3. The molecular formula is C14H16F3N3O3. The van der Waals surface area contributed by atoms with E-state index < -0.39 is 29.3 Å². The van der Waals surface area contributed by atoms with Crippen LogP contribution in [0.25, 0.3) is 0 Å². The minimum Gasteiger partial charge on any atom is -0.380 e. The molecule has 0 radical (unpaired) electrons. The first kappa shape index (κ1) is 17.1. The Balaban J connectivity index is 1.94. The van der Waals surface area contributed by atoms with Gasteiger partial charge in [-0.25, -0.2) is 4.79 Å². The van der Waals surface area contributed by atoms with E-state index in [1.807, 2.05) is 0 Å². The summed E-state index contributed by atoms with van der Waals surface area (Å²) in [5.41, 5.74) is 2.89. The molecular weight excluding hydrogens is 315 g/mol. The topological polar surface area (TPSA) is 95.7 Å². The van der Waals surface area contributed by atoms with E-state index in [1.54, 1.807) is 0 Å². The third-order valence-electron chi connectivity index (χ3n) is 3.80. The monoisotopic (exact) mass is 331 g/mol. The molecule has 1 aromatic rings. The Morgan fingerprint density at radius 2 is 1.70 bits per heavy atom. The van der Waals surface area contributed by atoms with Gasteiger partial charge in [-0.05, 0) is 24.3 Å². The van der Waals surface area contributed by atoms with E-state index in [0.29, 0.717) is 0 Å². The molecule has 0 atom stereocenters. The lowest BCUT2D eigenvalue weighted by molar-refractivity contribution is -0.140. The molecule has 2 rings (SSSR count). The molecule has 6 nitrogen and oxygen atoms in total. The zero-order valence-corrected chi connectivity index (χ0v) is 12.1. The molecule has 0 aliphatic carbocycles. The summed E-state index contributed by atoms with van der Waals surface area (Å²) in [6, 6.07) is 3.54. The Kier molecular flexibility index (Phi) is 4.51. The molecule has 1 heterocycles. The van der Waals surface area contributed by atoms with Gasteiger partial charge in [-0.15, -0.1) is 0 Å². The number of carbonyl (C=O) groups is 2. The minimum absolute atomic E-state index is 0.0166. The van der Waals surface area contributed by atoms with Gasteiger partial charge in [0.1, 0.15) is 5.60 Å². The van der Waals surface area contributed by atoms with Gasteiger partial charge in [-0.3, -0.25) is 4.79 Å². The van der Waals surface area contributed by atoms with E-state index in [2.05, 4.69) is 5.32 Å². The summed E-state index contributed by atoms with van der Waals surface area (Å²) in [5.74, 6) is -0.833. The van der Waals surface area contributed by atoms with E-state index in [-0.39, 0.29) is 31.6 Å². The predicted octanol–water partition coefficient (Wildman–Crippen LogP) is 1.55. The van der Waals surface area contributed by atoms with Crippen LogP contribution in [0.2, 0.25) is 0 Å². The van der Waals surface area contributed by atoms with Gasteiger partial charge in [0.05, 0.1) is 5.56 Å². The average Bonchev–Trinajstić information content (AvgIpc) is 2.47. The van der Waals surface area contributed by atoms with Crippen molar-refractivity contribution in [1.82, 2.24) is 4.90 Å². The molecule has 1 aliphatic heterocycles. The molecule has 4 N–H and O–H groups in total. The second-order valence-corrected chi connectivity index (χ2v) is 5.39. The highest BCUT2D eigenvalue weighted by atomic mass is 19.4. The van der Waals surface area contributed by atoms with Crippen molar-refractivity contribution in [1.29, 1.82) is 0 Å². The molecule has 126 valence electrons. The van der Waals surface area contributed by atoms with Gasteiger partial charge in [0, 0.05) is 31.6 Å². The third-order valence-corrected chi connectivity index (χ3v) is 3.80. The fourth-order valence-electron chi connectivity index (χ4n) is 2.27. The highest BCUT2D eigenvalue weighted by molar-refractivity contribution is 5.90. The largest absolute Gasteiger partial charge is 0.416 e. The van der Waals surface area contributed by atoms with Gasteiger partial charge in [0.15, 0.2) is 0 Å². The van der Waals surface area contributed by atoms with E-state index >= 15 is 0 Å². The van der Waals surface area contributed by atoms with Crippen molar-refractivity contribution in [2.45, 2.75) is 24.6 Å². The number of likely N-dealkylation sites (tertiary alicyclic amines) is 1. The number of nitrogens with two attached hydrogens (primary N) is 1. The molecule has 23 heavy (non-hydrogen) atoms. The summed E-state index contributed by atoms with van der Waals surface area (Å²) in [5, 5.41) is 12.4. The Morgan fingerprint density at radius 1 is 1.17 bits per heavy atom. The van der Waals surface area contributed by atoms with Gasteiger partial charge in [0.2, 0.25) is 5.91 Å². The van der Waals surface area contributed by atoms with Gasteiger partial charge >= 0.3 is 12.2 Å². The number of piperidine rings is 1. The van der Waals surface area contributed by atoms with Gasteiger partial charge in [0.25, 0.3) is 0 Å². The molecule has 1 saturated heterocycles. The van der Waals surface area contributed by atoms with Crippen molar-refractivity contribution < 1.29 is 27.9 Å². The van der Waals surface area contributed by atoms with Crippen LogP contribution in [0.15, 0.2) is 24.3 Å². The molecule has 1 aliphatic rings. The number of benzene rings is 1. The number of carbonyl (C=O) groups excluding carboxylic acids is 2. The number of urea groups is 1. The summed E-state index contributed by atoms with van der Waals surface area (Å²) >= 11 is 0. The number of primary amides is 1. The molecule has 3 amide bonds. The van der Waals surface area contributed by atoms with Crippen LogP contribution in [0.1, 0.15) is 18.4 Å². The fourth-order valence-corrected chi connectivity index (χ4v) is 2.27. The SMILES string of the molecule is NC(=O)C1(O)CCN(C(=O)Nc2ccc(C(F)(F)F)cc2)CC1. The Bertz CT molecular complexity index is 594. The highest BCUT2D eigenvalue weighted by Crippen LogP contribution is 2.30. The van der Waals surface area contributed by atoms with Crippen molar-refractivity contribution in [2.24, 2.45) is 5.73 Å². The molecule has 9 heteroatoms. The lowest BCUT2D eigenvalue weighted by Gasteiger charge is -2.35. The third kappa shape index (κ3) is 3.92. The second kappa shape index (κ2) is 6.07. The summed E-state index contributed by atoms with van der Waals surface area (Å²) in [4.78, 5) is 24.5. The number of halogens is 3. The summed E-state index contributed by atoms with van der Waals surface area (Å²) in [6.45, 7) is 0.234. The van der Waals surface area contributed by atoms with Crippen LogP contribution in [-0.4, -0.2) is 40.6 Å². The van der Waals surface area contributed by atoms with Crippen LogP contribution in [-0.2, 0) is 11.0 Å². The molecule has 1 fully saturated rings. The second-order valence-electron chi connectivity index (χ2n) is 5.39. The van der Waals surface area contributed by atoms with Gasteiger partial charge in [-0.1, -0.05) is 0 Å². The Labute approximate surface area is 130 Å². The van der Waals surface area contributed by atoms with E-state index in [4.69, 9.17) is 5.73 Å². The molecule has 1 aromatic carbocycles. The zero-order chi connectivity index (χ0) is 17.3. The van der Waals surface area contributed by atoms with Gasteiger partial charge < -0.3 is 21.1 Å². The molecule has 0 aromatic heterocycles. The zero-order valence-electron chi connectivity index (χ0n) is 12.1. The van der Waals surface area contributed by atoms with E-state index in [0.717, 1.165) is 24.3 Å². The maximum atomic E-state index is 12.5. The maximum Gasteiger partial charge on any atom is 0.416 e. The lowest BCUT2D eigenvalue weighted by Crippen LogP contribution is -2.54. The van der Waals surface area contributed by atoms with Crippen LogP contribution in [0, 0.1) is 0 Å². The van der Waals surface area contributed by atoms with Crippen LogP contribution in [0.3, 0.4) is 0 Å². The first-order valence-corrected chi connectivity index (χ1v) is 6.87. The van der Waals surface area contributed by atoms with Crippen LogP contribution < -0.4 is 11.1 Å². The smallest absolute Gasteiger partial charge is 0.380 e. The van der Waals surface area contributed by atoms with E-state index in [1.165, 1.54) is 4.90 Å². The van der Waals surface area contributed by atoms with Crippen molar-refractivity contribution in [2.75, 3.05) is 18.4 Å². The number of rotatable bonds is 2. The number of nitrogens with zero attached hydrogens (tertiary/aromatic N) is 1. The minimum atomic E-state index is -4.44. The number of amides is 3. The molecule has 0 spiro atoms. The number of hydrogen-bond donors (Lipinski definition) is 3. The van der Waals surface area contributed by atoms with E-state index in [9.17, 15) is 27.9 Å². The van der Waals surface area contributed by atoms with Crippen molar-refractivity contribution in [3.63, 3.8) is 0 Å². The number of nitrogens with one attached hydrogen (secondary N) is 1. The van der Waals surface area contributed by atoms with Crippen molar-refractivity contribution >= 4 is 17.6 Å². The fraction of sp³-hybridized carbons (Fsp3) is 0.429. The summed E-state index contributed by atoms with van der Waals surface area (Å²) in [7, 11) is 0. The average molecular weight is 331 g/mol. The molecule has 0 bridgehead atoms. The number of aliphatic hydroxyl groups is 1. The van der Waals surface area contributed by atoms with Gasteiger partial charge in [-0.2, -0.15) is 13.2 Å². The maximum absolute atomic E-state index is 12.5. The highest BCUT2D eigenvalue weighted by Gasteiger charge is 2.38. The predicted molar refractivity (Wildman–Crippen MR) is 75.4 cm³/mol. The summed E-state index contributed by atoms with van der Waals surface area (Å²) in [6.07, 6.45) is -4.40. The van der Waals surface area contributed by atoms with Crippen molar-refractivity contribution in [3.05, 3.63) is 29.8 Å². The van der Waals surface area contributed by atoms with Crippen LogP contribution >= 0.6 is 0 Å². The normalized spacial score (nSPS) is 17.7. The Hall–Kier alpha value is -2.29. The standard InChI is InChI=1S/C14H16F3N3O3/c15-14(16,17)9-1-3-10(4-2-9)19-12(22)20-7-5-13(23,6-8-20)11(18)21/h1-4,23H,5-8H2,(H2,18,21)(H,19,22).